The van der Waals surface area contributed by atoms with E-state index >= 15 is 0 Å². The molecule has 0 spiro atoms. The maximum absolute atomic E-state index is 12.5. The number of rotatable bonds is 4. The summed E-state index contributed by atoms with van der Waals surface area (Å²) >= 11 is 0. The second-order valence-corrected chi connectivity index (χ2v) is 9.34. The maximum atomic E-state index is 12.5. The van der Waals surface area contributed by atoms with Crippen LogP contribution in [0.25, 0.3) is 0 Å². The van der Waals surface area contributed by atoms with Crippen LogP contribution in [-0.2, 0) is 14.8 Å². The molecular weight excluding hydrogens is 354 g/mol. The van der Waals surface area contributed by atoms with Crippen molar-refractivity contribution in [3.05, 3.63) is 12.4 Å². The van der Waals surface area contributed by atoms with Gasteiger partial charge in [-0.05, 0) is 31.6 Å². The molecule has 2 saturated heterocycles. The summed E-state index contributed by atoms with van der Waals surface area (Å²) in [6, 6.07) is 1.82. The number of hydrogen-bond acceptors (Lipinski definition) is 6. The highest BCUT2D eigenvalue weighted by molar-refractivity contribution is 7.88. The topological polar surface area (TPSA) is 95.5 Å². The number of piperidine rings is 2. The van der Waals surface area contributed by atoms with Crippen molar-refractivity contribution in [2.75, 3.05) is 42.7 Å². The fraction of sp³-hybridized carbons (Fsp3) is 0.706. The van der Waals surface area contributed by atoms with Crippen molar-refractivity contribution < 1.29 is 13.2 Å². The first-order valence-electron chi connectivity index (χ1n) is 9.16. The standard InChI is InChI=1S/C17H27N5O3S/c1-13-3-7-21(8-4-13)16-11-15(18-12-19-16)20-17(23)14-5-9-22(10-6-14)26(2,24)25/h11-14H,3-10H2,1-2H3,(H,18,19,20,23). The summed E-state index contributed by atoms with van der Waals surface area (Å²) in [5, 5.41) is 2.87. The average Bonchev–Trinajstić information content (AvgIpc) is 2.62. The molecule has 26 heavy (non-hydrogen) atoms. The second-order valence-electron chi connectivity index (χ2n) is 7.36. The minimum atomic E-state index is -3.18. The van der Waals surface area contributed by atoms with Gasteiger partial charge in [0.1, 0.15) is 18.0 Å². The van der Waals surface area contributed by atoms with Crippen molar-refractivity contribution in [1.82, 2.24) is 14.3 Å². The van der Waals surface area contributed by atoms with Crippen molar-refractivity contribution in [3.63, 3.8) is 0 Å². The maximum Gasteiger partial charge on any atom is 0.228 e. The van der Waals surface area contributed by atoms with Crippen LogP contribution < -0.4 is 10.2 Å². The van der Waals surface area contributed by atoms with E-state index in [0.29, 0.717) is 31.7 Å². The monoisotopic (exact) mass is 381 g/mol. The Kier molecular flexibility index (Phi) is 5.76. The molecule has 0 saturated carbocycles. The van der Waals surface area contributed by atoms with Gasteiger partial charge < -0.3 is 10.2 Å². The van der Waals surface area contributed by atoms with Gasteiger partial charge in [-0.15, -0.1) is 0 Å². The second kappa shape index (κ2) is 7.87. The lowest BCUT2D eigenvalue weighted by molar-refractivity contribution is -0.120. The normalized spacial score (nSPS) is 20.9. The third kappa shape index (κ3) is 4.70. The third-order valence-corrected chi connectivity index (χ3v) is 6.61. The molecular formula is C17H27N5O3S. The van der Waals surface area contributed by atoms with Gasteiger partial charge in [0.25, 0.3) is 0 Å². The van der Waals surface area contributed by atoms with Gasteiger partial charge in [-0.3, -0.25) is 4.79 Å². The Balaban J connectivity index is 1.57. The van der Waals surface area contributed by atoms with Crippen molar-refractivity contribution >= 4 is 27.6 Å². The molecule has 2 aliphatic rings. The minimum absolute atomic E-state index is 0.102. The van der Waals surface area contributed by atoms with Gasteiger partial charge >= 0.3 is 0 Å². The number of hydrogen-bond donors (Lipinski definition) is 1. The Hall–Kier alpha value is -1.74. The highest BCUT2D eigenvalue weighted by Crippen LogP contribution is 2.24. The average molecular weight is 382 g/mol. The number of carbonyl (C=O) groups is 1. The predicted octanol–water partition coefficient (Wildman–Crippen LogP) is 1.32. The first kappa shape index (κ1) is 19.0. The number of aromatic nitrogens is 2. The number of nitrogens with one attached hydrogen (secondary N) is 1. The Morgan fingerprint density at radius 1 is 1.12 bits per heavy atom. The van der Waals surface area contributed by atoms with E-state index in [2.05, 4.69) is 27.1 Å². The summed E-state index contributed by atoms with van der Waals surface area (Å²) in [6.07, 6.45) is 6.03. The zero-order valence-electron chi connectivity index (χ0n) is 15.4. The molecule has 2 aliphatic heterocycles. The summed E-state index contributed by atoms with van der Waals surface area (Å²) < 4.78 is 24.6. The predicted molar refractivity (Wildman–Crippen MR) is 100 cm³/mol. The van der Waals surface area contributed by atoms with Crippen LogP contribution in [0.2, 0.25) is 0 Å². The lowest BCUT2D eigenvalue weighted by atomic mass is 9.97. The van der Waals surface area contributed by atoms with E-state index in [9.17, 15) is 13.2 Å². The molecule has 2 fully saturated rings. The largest absolute Gasteiger partial charge is 0.356 e. The fourth-order valence-corrected chi connectivity index (χ4v) is 4.38. The Bertz CT molecular complexity index is 739. The number of carbonyl (C=O) groups excluding carboxylic acids is 1. The van der Waals surface area contributed by atoms with Crippen molar-refractivity contribution in [1.29, 1.82) is 0 Å². The van der Waals surface area contributed by atoms with E-state index in [4.69, 9.17) is 0 Å². The van der Waals surface area contributed by atoms with Crippen LogP contribution in [0.5, 0.6) is 0 Å². The van der Waals surface area contributed by atoms with Crippen LogP contribution in [0.15, 0.2) is 12.4 Å². The zero-order valence-corrected chi connectivity index (χ0v) is 16.2. The molecule has 0 radical (unpaired) electrons. The first-order chi connectivity index (χ1) is 12.3. The summed E-state index contributed by atoms with van der Waals surface area (Å²) in [5.41, 5.74) is 0. The Labute approximate surface area is 155 Å². The molecule has 144 valence electrons. The fourth-order valence-electron chi connectivity index (χ4n) is 3.50. The summed E-state index contributed by atoms with van der Waals surface area (Å²) in [7, 11) is -3.18. The molecule has 9 heteroatoms. The van der Waals surface area contributed by atoms with Gasteiger partial charge in [0, 0.05) is 38.2 Å². The van der Waals surface area contributed by atoms with Crippen molar-refractivity contribution in [2.45, 2.75) is 32.6 Å². The van der Waals surface area contributed by atoms with Gasteiger partial charge in [0.15, 0.2) is 0 Å². The van der Waals surface area contributed by atoms with Gasteiger partial charge in [0.2, 0.25) is 15.9 Å². The van der Waals surface area contributed by atoms with Gasteiger partial charge in [-0.1, -0.05) is 6.92 Å². The Morgan fingerprint density at radius 2 is 1.77 bits per heavy atom. The molecule has 1 amide bonds. The molecule has 1 aromatic rings. The molecule has 8 nitrogen and oxygen atoms in total. The van der Waals surface area contributed by atoms with Crippen LogP contribution in [0.1, 0.15) is 32.6 Å². The lowest BCUT2D eigenvalue weighted by Crippen LogP contribution is -2.41. The number of sulfonamides is 1. The quantitative estimate of drug-likeness (QED) is 0.845. The van der Waals surface area contributed by atoms with Crippen molar-refractivity contribution in [2.24, 2.45) is 11.8 Å². The smallest absolute Gasteiger partial charge is 0.228 e. The summed E-state index contributed by atoms with van der Waals surface area (Å²) in [5.74, 6) is 1.79. The van der Waals surface area contributed by atoms with E-state index in [0.717, 1.165) is 37.7 Å². The lowest BCUT2D eigenvalue weighted by Gasteiger charge is -2.31. The van der Waals surface area contributed by atoms with Crippen LogP contribution in [0.4, 0.5) is 11.6 Å². The van der Waals surface area contributed by atoms with Crippen molar-refractivity contribution in [3.8, 4) is 0 Å². The van der Waals surface area contributed by atoms with Crippen LogP contribution in [0, 0.1) is 11.8 Å². The van der Waals surface area contributed by atoms with Crippen LogP contribution in [-0.4, -0.2) is 61.0 Å². The molecule has 0 atom stereocenters. The van der Waals surface area contributed by atoms with E-state index < -0.39 is 10.0 Å². The van der Waals surface area contributed by atoms with Gasteiger partial charge in [-0.2, -0.15) is 0 Å². The first-order valence-corrected chi connectivity index (χ1v) is 11.0. The SMILES string of the molecule is CC1CCN(c2cc(NC(=O)C3CCN(S(C)(=O)=O)CC3)ncn2)CC1. The zero-order chi connectivity index (χ0) is 18.7. The minimum Gasteiger partial charge on any atom is -0.356 e. The van der Waals surface area contributed by atoms with E-state index in [1.165, 1.54) is 16.9 Å². The number of amides is 1. The molecule has 0 unspecified atom stereocenters. The number of nitrogens with zero attached hydrogens (tertiary/aromatic N) is 4. The number of anilines is 2. The van der Waals surface area contributed by atoms with E-state index in [-0.39, 0.29) is 11.8 Å². The highest BCUT2D eigenvalue weighted by Gasteiger charge is 2.29. The molecule has 3 heterocycles. The highest BCUT2D eigenvalue weighted by atomic mass is 32.2. The van der Waals surface area contributed by atoms with Gasteiger partial charge in [0.05, 0.1) is 6.26 Å². The molecule has 0 aromatic carbocycles. The molecule has 1 N–H and O–H groups in total. The van der Waals surface area contributed by atoms with Gasteiger partial charge in [-0.25, -0.2) is 22.7 Å². The van der Waals surface area contributed by atoms with Crippen LogP contribution >= 0.6 is 0 Å². The summed E-state index contributed by atoms with van der Waals surface area (Å²) in [4.78, 5) is 23.2. The molecule has 1 aromatic heterocycles. The molecule has 3 rings (SSSR count). The van der Waals surface area contributed by atoms with Crippen LogP contribution in [0.3, 0.4) is 0 Å². The molecule has 0 bridgehead atoms. The summed E-state index contributed by atoms with van der Waals surface area (Å²) in [6.45, 7) is 4.97. The molecule has 0 aliphatic carbocycles. The Morgan fingerprint density at radius 3 is 2.38 bits per heavy atom. The van der Waals surface area contributed by atoms with E-state index in [1.807, 2.05) is 6.07 Å². The third-order valence-electron chi connectivity index (χ3n) is 5.31. The van der Waals surface area contributed by atoms with E-state index in [1.54, 1.807) is 0 Å².